The highest BCUT2D eigenvalue weighted by atomic mass is 127. The maximum Gasteiger partial charge on any atom is 0.282 e. The van der Waals surface area contributed by atoms with E-state index in [-0.39, 0.29) is 17.6 Å². The van der Waals surface area contributed by atoms with Crippen LogP contribution in [-0.2, 0) is 4.79 Å². The van der Waals surface area contributed by atoms with Crippen molar-refractivity contribution in [2.75, 3.05) is 18.4 Å². The Labute approximate surface area is 130 Å². The van der Waals surface area contributed by atoms with E-state index < -0.39 is 4.92 Å². The van der Waals surface area contributed by atoms with Crippen molar-refractivity contribution in [3.05, 3.63) is 31.9 Å². The first-order valence-corrected chi connectivity index (χ1v) is 7.56. The molecule has 1 N–H and O–H groups in total. The van der Waals surface area contributed by atoms with E-state index in [9.17, 15) is 14.9 Å². The second-order valence-electron chi connectivity index (χ2n) is 4.82. The second kappa shape index (κ2) is 6.38. The molecule has 2 rings (SSSR count). The van der Waals surface area contributed by atoms with Crippen LogP contribution in [0, 0.1) is 13.7 Å². The quantitative estimate of drug-likeness (QED) is 0.488. The number of hydrogen-bond donors (Lipinski definition) is 1. The van der Waals surface area contributed by atoms with Crippen molar-refractivity contribution in [1.82, 2.24) is 4.90 Å². The van der Waals surface area contributed by atoms with Gasteiger partial charge in [-0.25, -0.2) is 0 Å². The number of nitrogens with zero attached hydrogens (tertiary/aromatic N) is 2. The molecule has 0 aromatic heterocycles. The first-order chi connectivity index (χ1) is 9.49. The molecular weight excluding hydrogens is 373 g/mol. The molecule has 1 aliphatic rings. The first kappa shape index (κ1) is 15.0. The maximum absolute atomic E-state index is 12.2. The molecule has 0 aliphatic carbocycles. The maximum atomic E-state index is 12.2. The van der Waals surface area contributed by atoms with Crippen LogP contribution in [-0.4, -0.2) is 34.9 Å². The summed E-state index contributed by atoms with van der Waals surface area (Å²) in [7, 11) is 0. The zero-order valence-electron chi connectivity index (χ0n) is 11.1. The van der Waals surface area contributed by atoms with Crippen molar-refractivity contribution in [3.63, 3.8) is 0 Å². The van der Waals surface area contributed by atoms with E-state index in [0.29, 0.717) is 3.57 Å². The fourth-order valence-corrected chi connectivity index (χ4v) is 2.98. The number of nitro benzene ring substituents is 1. The lowest BCUT2D eigenvalue weighted by molar-refractivity contribution is -0.385. The van der Waals surface area contributed by atoms with Gasteiger partial charge in [-0.2, -0.15) is 0 Å². The van der Waals surface area contributed by atoms with Crippen molar-refractivity contribution < 1.29 is 9.72 Å². The average Bonchev–Trinajstić information content (AvgIpc) is 2.91. The topological polar surface area (TPSA) is 75.5 Å². The molecule has 1 unspecified atom stereocenters. The Morgan fingerprint density at radius 3 is 2.65 bits per heavy atom. The van der Waals surface area contributed by atoms with Gasteiger partial charge in [0.05, 0.1) is 8.49 Å². The summed E-state index contributed by atoms with van der Waals surface area (Å²) in [5, 5.41) is 13.9. The van der Waals surface area contributed by atoms with Crippen LogP contribution in [0.25, 0.3) is 0 Å². The molecule has 108 valence electrons. The number of amides is 1. The molecule has 1 aliphatic heterocycles. The Morgan fingerprint density at radius 2 is 2.10 bits per heavy atom. The average molecular weight is 389 g/mol. The summed E-state index contributed by atoms with van der Waals surface area (Å²) >= 11 is 1.93. The van der Waals surface area contributed by atoms with Gasteiger partial charge in [0.25, 0.3) is 5.69 Å². The predicted octanol–water partition coefficient (Wildman–Crippen LogP) is 2.62. The summed E-state index contributed by atoms with van der Waals surface area (Å²) in [6.45, 7) is 3.46. The number of hydrogen-bond acceptors (Lipinski definition) is 4. The smallest absolute Gasteiger partial charge is 0.282 e. The van der Waals surface area contributed by atoms with Gasteiger partial charge >= 0.3 is 0 Å². The Balaban J connectivity index is 2.04. The predicted molar refractivity (Wildman–Crippen MR) is 84.7 cm³/mol. The highest BCUT2D eigenvalue weighted by Gasteiger charge is 2.23. The largest absolute Gasteiger partial charge is 0.374 e. The summed E-state index contributed by atoms with van der Waals surface area (Å²) in [6, 6.07) is 4.45. The molecule has 1 amide bonds. The Hall–Kier alpha value is -1.38. The van der Waals surface area contributed by atoms with E-state index in [1.54, 1.807) is 12.1 Å². The molecule has 6 nitrogen and oxygen atoms in total. The van der Waals surface area contributed by atoms with Gasteiger partial charge in [-0.3, -0.25) is 14.9 Å². The van der Waals surface area contributed by atoms with Gasteiger partial charge in [0, 0.05) is 24.8 Å². The third-order valence-electron chi connectivity index (χ3n) is 3.32. The summed E-state index contributed by atoms with van der Waals surface area (Å²) < 4.78 is 0.554. The third kappa shape index (κ3) is 3.38. The normalized spacial score (nSPS) is 16.0. The number of halogens is 1. The van der Waals surface area contributed by atoms with Gasteiger partial charge in [0.2, 0.25) is 5.91 Å². The van der Waals surface area contributed by atoms with Gasteiger partial charge in [-0.1, -0.05) is 0 Å². The van der Waals surface area contributed by atoms with Crippen LogP contribution in [0.4, 0.5) is 11.4 Å². The van der Waals surface area contributed by atoms with Crippen LogP contribution in [0.3, 0.4) is 0 Å². The van der Waals surface area contributed by atoms with E-state index in [1.165, 1.54) is 6.07 Å². The molecular formula is C13H16IN3O3. The van der Waals surface area contributed by atoms with E-state index >= 15 is 0 Å². The molecule has 0 spiro atoms. The van der Waals surface area contributed by atoms with Gasteiger partial charge in [0.1, 0.15) is 6.04 Å². The number of anilines is 1. The highest BCUT2D eigenvalue weighted by Crippen LogP contribution is 2.24. The summed E-state index contributed by atoms with van der Waals surface area (Å²) in [4.78, 5) is 24.4. The SMILES string of the molecule is CC(Nc1ccc([N+](=O)[O-])c(I)c1)C(=O)N1CCCC1. The van der Waals surface area contributed by atoms with Crippen molar-refractivity contribution >= 4 is 39.9 Å². The van der Waals surface area contributed by atoms with Crippen LogP contribution in [0.15, 0.2) is 18.2 Å². The number of rotatable bonds is 4. The Bertz CT molecular complexity index is 530. The van der Waals surface area contributed by atoms with Crippen LogP contribution in [0.5, 0.6) is 0 Å². The van der Waals surface area contributed by atoms with E-state index in [4.69, 9.17) is 0 Å². The van der Waals surface area contributed by atoms with E-state index in [2.05, 4.69) is 5.32 Å². The van der Waals surface area contributed by atoms with Gasteiger partial charge in [-0.05, 0) is 54.5 Å². The lowest BCUT2D eigenvalue weighted by Gasteiger charge is -2.21. The van der Waals surface area contributed by atoms with Crippen LogP contribution >= 0.6 is 22.6 Å². The first-order valence-electron chi connectivity index (χ1n) is 6.48. The summed E-state index contributed by atoms with van der Waals surface area (Å²) in [6.07, 6.45) is 2.13. The van der Waals surface area contributed by atoms with Crippen LogP contribution in [0.1, 0.15) is 19.8 Å². The second-order valence-corrected chi connectivity index (χ2v) is 5.98. The molecule has 1 saturated heterocycles. The van der Waals surface area contributed by atoms with Crippen molar-refractivity contribution in [1.29, 1.82) is 0 Å². The molecule has 1 aromatic rings. The van der Waals surface area contributed by atoms with Crippen molar-refractivity contribution in [2.45, 2.75) is 25.8 Å². The minimum atomic E-state index is -0.412. The van der Waals surface area contributed by atoms with Crippen molar-refractivity contribution in [3.8, 4) is 0 Å². The summed E-state index contributed by atoms with van der Waals surface area (Å²) in [5.74, 6) is 0.0795. The zero-order chi connectivity index (χ0) is 14.7. The van der Waals surface area contributed by atoms with E-state index in [1.807, 2.05) is 34.4 Å². The van der Waals surface area contributed by atoms with Crippen molar-refractivity contribution in [2.24, 2.45) is 0 Å². The van der Waals surface area contributed by atoms with Gasteiger partial charge in [-0.15, -0.1) is 0 Å². The number of benzene rings is 1. The Kier molecular flexibility index (Phi) is 4.79. The standard InChI is InChI=1S/C13H16IN3O3/c1-9(13(18)16-6-2-3-7-16)15-10-4-5-12(17(19)20)11(14)8-10/h4-5,8-9,15H,2-3,6-7H2,1H3. The molecule has 20 heavy (non-hydrogen) atoms. The Morgan fingerprint density at radius 1 is 1.45 bits per heavy atom. The van der Waals surface area contributed by atoms with E-state index in [0.717, 1.165) is 31.6 Å². The monoisotopic (exact) mass is 389 g/mol. The fraction of sp³-hybridized carbons (Fsp3) is 0.462. The molecule has 1 fully saturated rings. The molecule has 1 heterocycles. The summed E-state index contributed by atoms with van der Waals surface area (Å²) in [5.41, 5.74) is 0.801. The number of nitro groups is 1. The molecule has 1 aromatic carbocycles. The van der Waals surface area contributed by atoms with Crippen LogP contribution in [0.2, 0.25) is 0 Å². The van der Waals surface area contributed by atoms with Crippen LogP contribution < -0.4 is 5.32 Å². The third-order valence-corrected chi connectivity index (χ3v) is 4.18. The molecule has 0 radical (unpaired) electrons. The molecule has 0 saturated carbocycles. The lowest BCUT2D eigenvalue weighted by atomic mass is 10.2. The number of carbonyl (C=O) groups excluding carboxylic acids is 1. The highest BCUT2D eigenvalue weighted by molar-refractivity contribution is 14.1. The minimum absolute atomic E-state index is 0.0784. The zero-order valence-corrected chi connectivity index (χ0v) is 13.3. The minimum Gasteiger partial charge on any atom is -0.374 e. The number of carbonyl (C=O) groups is 1. The molecule has 1 atom stereocenters. The van der Waals surface area contributed by atoms with Gasteiger partial charge in [0.15, 0.2) is 0 Å². The van der Waals surface area contributed by atoms with Gasteiger partial charge < -0.3 is 10.2 Å². The fourth-order valence-electron chi connectivity index (χ4n) is 2.27. The molecule has 0 bridgehead atoms. The number of nitrogens with one attached hydrogen (secondary N) is 1. The lowest BCUT2D eigenvalue weighted by Crippen LogP contribution is -2.39. The molecule has 7 heteroatoms. The number of likely N-dealkylation sites (tertiary alicyclic amines) is 1.